The Morgan fingerprint density at radius 1 is 1.35 bits per heavy atom. The maximum absolute atomic E-state index is 5.50. The first kappa shape index (κ1) is 15.4. The van der Waals surface area contributed by atoms with Gasteiger partial charge in [0.1, 0.15) is 17.5 Å². The zero-order valence-corrected chi connectivity index (χ0v) is 13.3. The van der Waals surface area contributed by atoms with E-state index in [0.29, 0.717) is 17.1 Å². The largest absolute Gasteiger partial charge is 0.366 e. The van der Waals surface area contributed by atoms with Crippen LogP contribution in [0.1, 0.15) is 51.8 Å². The second-order valence-electron chi connectivity index (χ2n) is 5.47. The summed E-state index contributed by atoms with van der Waals surface area (Å²) < 4.78 is 0. The summed E-state index contributed by atoms with van der Waals surface area (Å²) in [4.78, 5) is 9.00. The van der Waals surface area contributed by atoms with E-state index in [1.54, 1.807) is 0 Å². The molecule has 0 saturated heterocycles. The third-order valence-electron chi connectivity index (χ3n) is 3.57. The summed E-state index contributed by atoms with van der Waals surface area (Å²) in [6.07, 6.45) is 3.80. The van der Waals surface area contributed by atoms with Crippen LogP contribution in [-0.2, 0) is 0 Å². The molecule has 0 aromatic carbocycles. The highest BCUT2D eigenvalue weighted by atomic mass is 32.2. The van der Waals surface area contributed by atoms with Crippen molar-refractivity contribution in [2.45, 2.75) is 57.2 Å². The predicted molar refractivity (Wildman–Crippen MR) is 87.1 cm³/mol. The van der Waals surface area contributed by atoms with Crippen molar-refractivity contribution in [1.82, 2.24) is 9.97 Å². The van der Waals surface area contributed by atoms with Crippen molar-refractivity contribution in [3.63, 3.8) is 0 Å². The Hall–Kier alpha value is -1.01. The molecule has 2 unspecified atom stereocenters. The van der Waals surface area contributed by atoms with E-state index in [1.807, 2.05) is 17.8 Å². The molecule has 1 aromatic heterocycles. The second-order valence-corrected chi connectivity index (χ2v) is 6.99. The van der Waals surface area contributed by atoms with E-state index in [-0.39, 0.29) is 5.92 Å². The van der Waals surface area contributed by atoms with Crippen molar-refractivity contribution in [3.05, 3.63) is 11.9 Å². The highest BCUT2D eigenvalue weighted by Crippen LogP contribution is 2.32. The molecule has 20 heavy (non-hydrogen) atoms. The summed E-state index contributed by atoms with van der Waals surface area (Å²) in [5.41, 5.74) is 2.63. The second kappa shape index (κ2) is 7.13. The van der Waals surface area contributed by atoms with Gasteiger partial charge in [-0.1, -0.05) is 27.2 Å². The summed E-state index contributed by atoms with van der Waals surface area (Å²) in [5, 5.41) is 4.27. The van der Waals surface area contributed by atoms with E-state index in [2.05, 4.69) is 41.5 Å². The highest BCUT2D eigenvalue weighted by Gasteiger charge is 2.27. The van der Waals surface area contributed by atoms with Crippen molar-refractivity contribution in [3.8, 4) is 0 Å². The molecule has 1 saturated carbocycles. The Morgan fingerprint density at radius 2 is 2.10 bits per heavy atom. The first-order chi connectivity index (χ1) is 9.63. The van der Waals surface area contributed by atoms with Gasteiger partial charge in [0.2, 0.25) is 0 Å². The molecule has 4 N–H and O–H groups in total. The lowest BCUT2D eigenvalue weighted by Gasteiger charge is -2.21. The fraction of sp³-hybridized carbons (Fsp3) is 0.714. The summed E-state index contributed by atoms with van der Waals surface area (Å²) in [7, 11) is 0. The number of rotatable bonds is 6. The van der Waals surface area contributed by atoms with Gasteiger partial charge in [-0.25, -0.2) is 15.8 Å². The van der Waals surface area contributed by atoms with Crippen LogP contribution in [0.2, 0.25) is 0 Å². The lowest BCUT2D eigenvalue weighted by atomic mass is 10.2. The Bertz CT molecular complexity index is 438. The van der Waals surface area contributed by atoms with Crippen LogP contribution in [0.4, 0.5) is 11.6 Å². The molecule has 0 spiro atoms. The third-order valence-corrected chi connectivity index (χ3v) is 4.90. The maximum atomic E-state index is 5.50. The molecule has 0 radical (unpaired) electrons. The van der Waals surface area contributed by atoms with Gasteiger partial charge in [0.05, 0.1) is 0 Å². The van der Waals surface area contributed by atoms with Crippen LogP contribution in [-0.4, -0.2) is 27.0 Å². The van der Waals surface area contributed by atoms with Gasteiger partial charge in [-0.2, -0.15) is 11.8 Å². The van der Waals surface area contributed by atoms with Gasteiger partial charge in [0, 0.05) is 23.3 Å². The van der Waals surface area contributed by atoms with Crippen LogP contribution < -0.4 is 16.6 Å². The van der Waals surface area contributed by atoms with Crippen molar-refractivity contribution >= 4 is 23.4 Å². The van der Waals surface area contributed by atoms with Gasteiger partial charge in [-0.15, -0.1) is 0 Å². The minimum absolute atomic E-state index is 0.285. The molecule has 0 bridgehead atoms. The monoisotopic (exact) mass is 295 g/mol. The molecule has 5 nitrogen and oxygen atoms in total. The Balaban J connectivity index is 2.13. The summed E-state index contributed by atoms with van der Waals surface area (Å²) in [6.45, 7) is 6.40. The number of nitrogens with one attached hydrogen (secondary N) is 2. The summed E-state index contributed by atoms with van der Waals surface area (Å²) >= 11 is 2.04. The number of nitrogens with two attached hydrogens (primary N) is 1. The van der Waals surface area contributed by atoms with Gasteiger partial charge >= 0.3 is 0 Å². The van der Waals surface area contributed by atoms with Crippen LogP contribution in [0.25, 0.3) is 0 Å². The smallest absolute Gasteiger partial charge is 0.145 e. The maximum Gasteiger partial charge on any atom is 0.145 e. The molecule has 0 amide bonds. The Morgan fingerprint density at radius 3 is 2.75 bits per heavy atom. The number of nitrogens with zero attached hydrogens (tertiary/aromatic N) is 2. The van der Waals surface area contributed by atoms with Gasteiger partial charge in [0.25, 0.3) is 0 Å². The number of anilines is 2. The molecule has 2 atom stereocenters. The number of hydrogen-bond donors (Lipinski definition) is 3. The van der Waals surface area contributed by atoms with E-state index < -0.39 is 0 Å². The fourth-order valence-electron chi connectivity index (χ4n) is 2.57. The molecule has 1 heterocycles. The van der Waals surface area contributed by atoms with Crippen molar-refractivity contribution in [1.29, 1.82) is 0 Å². The normalized spacial score (nSPS) is 22.2. The standard InChI is InChI=1S/C14H25N5S/c1-4-20-11-7-5-6-10(11)16-12-8-13(19-15)18-14(17-12)9(2)3/h8-11H,4-7,15H2,1-3H3,(H2,16,17,18,19). The molecule has 6 heteroatoms. The molecule has 1 fully saturated rings. The number of aromatic nitrogens is 2. The van der Waals surface area contributed by atoms with Gasteiger partial charge in [-0.05, 0) is 18.6 Å². The molecular formula is C14H25N5S. The van der Waals surface area contributed by atoms with Crippen LogP contribution in [0, 0.1) is 0 Å². The summed E-state index contributed by atoms with van der Waals surface area (Å²) in [5.74, 6) is 9.32. The van der Waals surface area contributed by atoms with E-state index >= 15 is 0 Å². The molecule has 1 aliphatic rings. The van der Waals surface area contributed by atoms with Gasteiger partial charge in [0.15, 0.2) is 0 Å². The minimum atomic E-state index is 0.285. The average Bonchev–Trinajstić information content (AvgIpc) is 2.86. The molecular weight excluding hydrogens is 270 g/mol. The van der Waals surface area contributed by atoms with Crippen LogP contribution in [0.15, 0.2) is 6.07 Å². The van der Waals surface area contributed by atoms with Crippen molar-refractivity contribution in [2.24, 2.45) is 5.84 Å². The SMILES string of the molecule is CCSC1CCCC1Nc1cc(NN)nc(C(C)C)n1. The molecule has 1 aliphatic carbocycles. The average molecular weight is 295 g/mol. The number of thioether (sulfide) groups is 1. The Labute approximate surface area is 125 Å². The van der Waals surface area contributed by atoms with E-state index in [4.69, 9.17) is 5.84 Å². The Kier molecular flexibility index (Phi) is 5.48. The van der Waals surface area contributed by atoms with E-state index in [9.17, 15) is 0 Å². The minimum Gasteiger partial charge on any atom is -0.366 e. The first-order valence-corrected chi connectivity index (χ1v) is 8.42. The van der Waals surface area contributed by atoms with Gasteiger partial charge < -0.3 is 10.7 Å². The number of hydrazine groups is 1. The number of nitrogen functional groups attached to an aromatic ring is 1. The quantitative estimate of drug-likeness (QED) is 0.553. The van der Waals surface area contributed by atoms with Crippen molar-refractivity contribution in [2.75, 3.05) is 16.5 Å². The van der Waals surface area contributed by atoms with E-state index in [1.165, 1.54) is 25.0 Å². The molecule has 1 aromatic rings. The molecule has 112 valence electrons. The molecule has 0 aliphatic heterocycles. The van der Waals surface area contributed by atoms with E-state index in [0.717, 1.165) is 11.6 Å². The van der Waals surface area contributed by atoms with Crippen molar-refractivity contribution < 1.29 is 0 Å². The summed E-state index contributed by atoms with van der Waals surface area (Å²) in [6, 6.07) is 2.39. The zero-order valence-electron chi connectivity index (χ0n) is 12.5. The number of hydrogen-bond acceptors (Lipinski definition) is 6. The third kappa shape index (κ3) is 3.76. The zero-order chi connectivity index (χ0) is 14.5. The van der Waals surface area contributed by atoms with Crippen LogP contribution in [0.3, 0.4) is 0 Å². The lowest BCUT2D eigenvalue weighted by molar-refractivity contribution is 0.743. The predicted octanol–water partition coefficient (Wildman–Crippen LogP) is 2.97. The van der Waals surface area contributed by atoms with Crippen LogP contribution >= 0.6 is 11.8 Å². The van der Waals surface area contributed by atoms with Crippen LogP contribution in [0.5, 0.6) is 0 Å². The van der Waals surface area contributed by atoms with Gasteiger partial charge in [-0.3, -0.25) is 0 Å². The fourth-order valence-corrected chi connectivity index (χ4v) is 3.76. The lowest BCUT2D eigenvalue weighted by Crippen LogP contribution is -2.27. The topological polar surface area (TPSA) is 75.9 Å². The molecule has 2 rings (SSSR count). The first-order valence-electron chi connectivity index (χ1n) is 7.37. The highest BCUT2D eigenvalue weighted by molar-refractivity contribution is 7.99.